The number of hydrogen-bond acceptors (Lipinski definition) is 4. The van der Waals surface area contributed by atoms with Gasteiger partial charge in [0.2, 0.25) is 5.91 Å². The molecule has 2 amide bonds. The summed E-state index contributed by atoms with van der Waals surface area (Å²) in [5, 5.41) is 8.00. The number of nitrogens with zero attached hydrogens (tertiary/aromatic N) is 1. The van der Waals surface area contributed by atoms with Gasteiger partial charge in [0.05, 0.1) is 10.8 Å². The van der Waals surface area contributed by atoms with Crippen LogP contribution in [0.3, 0.4) is 0 Å². The summed E-state index contributed by atoms with van der Waals surface area (Å²) in [5.74, 6) is -0.125. The van der Waals surface area contributed by atoms with E-state index in [0.29, 0.717) is 4.88 Å². The van der Waals surface area contributed by atoms with E-state index in [0.717, 1.165) is 37.4 Å². The molecule has 2 N–H and O–H groups in total. The van der Waals surface area contributed by atoms with Crippen LogP contribution in [0.25, 0.3) is 0 Å². The number of amides is 2. The number of benzene rings is 1. The number of carbonyl (C=O) groups is 2. The van der Waals surface area contributed by atoms with Crippen molar-refractivity contribution in [3.05, 3.63) is 52.2 Å². The standard InChI is InChI=1S/C18H21N3O2S/c1-13(18(23)21-10-8-19-9-11-21)14-4-6-15(7-5-14)20-17(22)16-3-2-12-24-16/h2-7,12-13,19H,8-11H2,1H3,(H,20,22). The molecule has 126 valence electrons. The maximum absolute atomic E-state index is 12.5. The zero-order valence-corrected chi connectivity index (χ0v) is 14.4. The molecule has 0 bridgehead atoms. The number of nitrogens with one attached hydrogen (secondary N) is 2. The SMILES string of the molecule is CC(C(=O)N1CCNCC1)c1ccc(NC(=O)c2cccs2)cc1. The van der Waals surface area contributed by atoms with Crippen molar-refractivity contribution in [3.63, 3.8) is 0 Å². The second-order valence-corrected chi connectivity index (χ2v) is 6.80. The van der Waals surface area contributed by atoms with Crippen LogP contribution in [0.5, 0.6) is 0 Å². The maximum Gasteiger partial charge on any atom is 0.265 e. The number of piperazine rings is 1. The Morgan fingerprint density at radius 1 is 1.17 bits per heavy atom. The van der Waals surface area contributed by atoms with Crippen molar-refractivity contribution in [1.29, 1.82) is 0 Å². The summed E-state index contributed by atoms with van der Waals surface area (Å²) < 4.78 is 0. The molecule has 0 radical (unpaired) electrons. The molecular formula is C18H21N3O2S. The highest BCUT2D eigenvalue weighted by molar-refractivity contribution is 7.12. The smallest absolute Gasteiger partial charge is 0.265 e. The van der Waals surface area contributed by atoms with Gasteiger partial charge in [-0.2, -0.15) is 0 Å². The lowest BCUT2D eigenvalue weighted by molar-refractivity contribution is -0.133. The Labute approximate surface area is 145 Å². The molecule has 1 unspecified atom stereocenters. The second-order valence-electron chi connectivity index (χ2n) is 5.85. The lowest BCUT2D eigenvalue weighted by Gasteiger charge is -2.30. The summed E-state index contributed by atoms with van der Waals surface area (Å²) in [6, 6.07) is 11.2. The largest absolute Gasteiger partial charge is 0.340 e. The third-order valence-electron chi connectivity index (χ3n) is 4.21. The molecule has 6 heteroatoms. The van der Waals surface area contributed by atoms with E-state index in [4.69, 9.17) is 0 Å². The molecule has 1 aliphatic heterocycles. The van der Waals surface area contributed by atoms with Crippen LogP contribution in [0.2, 0.25) is 0 Å². The molecule has 1 fully saturated rings. The molecule has 1 aliphatic rings. The fourth-order valence-corrected chi connectivity index (χ4v) is 3.38. The summed E-state index contributed by atoms with van der Waals surface area (Å²) in [6.07, 6.45) is 0. The van der Waals surface area contributed by atoms with Crippen LogP contribution in [0.15, 0.2) is 41.8 Å². The summed E-state index contributed by atoms with van der Waals surface area (Å²) in [4.78, 5) is 27.2. The van der Waals surface area contributed by atoms with Gasteiger partial charge in [-0.3, -0.25) is 9.59 Å². The fraction of sp³-hybridized carbons (Fsp3) is 0.333. The van der Waals surface area contributed by atoms with Crippen LogP contribution in [0, 0.1) is 0 Å². The van der Waals surface area contributed by atoms with Gasteiger partial charge >= 0.3 is 0 Å². The summed E-state index contributed by atoms with van der Waals surface area (Å²) in [7, 11) is 0. The van der Waals surface area contributed by atoms with E-state index in [-0.39, 0.29) is 17.7 Å². The molecule has 24 heavy (non-hydrogen) atoms. The zero-order valence-electron chi connectivity index (χ0n) is 13.6. The Morgan fingerprint density at radius 2 is 1.88 bits per heavy atom. The monoisotopic (exact) mass is 343 g/mol. The molecule has 2 heterocycles. The van der Waals surface area contributed by atoms with Crippen molar-refractivity contribution in [1.82, 2.24) is 10.2 Å². The van der Waals surface area contributed by atoms with Gasteiger partial charge in [0, 0.05) is 31.9 Å². The van der Waals surface area contributed by atoms with Gasteiger partial charge in [-0.05, 0) is 36.1 Å². The first-order chi connectivity index (χ1) is 11.6. The van der Waals surface area contributed by atoms with Crippen molar-refractivity contribution < 1.29 is 9.59 Å². The minimum atomic E-state index is -0.176. The Balaban J connectivity index is 1.63. The number of carbonyl (C=O) groups excluding carboxylic acids is 2. The number of hydrogen-bond donors (Lipinski definition) is 2. The highest BCUT2D eigenvalue weighted by Crippen LogP contribution is 2.21. The molecule has 3 rings (SSSR count). The van der Waals surface area contributed by atoms with Crippen molar-refractivity contribution in [2.24, 2.45) is 0 Å². The van der Waals surface area contributed by atoms with E-state index in [1.165, 1.54) is 11.3 Å². The van der Waals surface area contributed by atoms with E-state index in [1.807, 2.05) is 47.5 Å². The van der Waals surface area contributed by atoms with Gasteiger partial charge in [-0.15, -0.1) is 11.3 Å². The third-order valence-corrected chi connectivity index (χ3v) is 5.08. The van der Waals surface area contributed by atoms with Crippen molar-refractivity contribution >= 4 is 28.8 Å². The van der Waals surface area contributed by atoms with Gasteiger partial charge < -0.3 is 15.5 Å². The minimum absolute atomic E-state index is 0.109. The second kappa shape index (κ2) is 7.59. The molecule has 0 saturated carbocycles. The Morgan fingerprint density at radius 3 is 2.50 bits per heavy atom. The highest BCUT2D eigenvalue weighted by Gasteiger charge is 2.23. The number of rotatable bonds is 4. The number of anilines is 1. The van der Waals surface area contributed by atoms with Gasteiger partial charge in [0.25, 0.3) is 5.91 Å². The van der Waals surface area contributed by atoms with Crippen LogP contribution in [0.1, 0.15) is 28.1 Å². The molecule has 1 aromatic heterocycles. The van der Waals surface area contributed by atoms with E-state index in [1.54, 1.807) is 6.07 Å². The van der Waals surface area contributed by atoms with Crippen molar-refractivity contribution in [2.45, 2.75) is 12.8 Å². The topological polar surface area (TPSA) is 61.4 Å². The normalized spacial score (nSPS) is 15.8. The molecule has 5 nitrogen and oxygen atoms in total. The Kier molecular flexibility index (Phi) is 5.27. The lowest BCUT2D eigenvalue weighted by atomic mass is 9.99. The van der Waals surface area contributed by atoms with E-state index in [9.17, 15) is 9.59 Å². The predicted molar refractivity (Wildman–Crippen MR) is 96.6 cm³/mol. The summed E-state index contributed by atoms with van der Waals surface area (Å²) in [6.45, 7) is 5.16. The fourth-order valence-electron chi connectivity index (χ4n) is 2.76. The summed E-state index contributed by atoms with van der Waals surface area (Å²) >= 11 is 1.41. The molecule has 1 atom stereocenters. The first kappa shape index (κ1) is 16.7. The third kappa shape index (κ3) is 3.83. The van der Waals surface area contributed by atoms with Crippen LogP contribution >= 0.6 is 11.3 Å². The first-order valence-electron chi connectivity index (χ1n) is 8.09. The van der Waals surface area contributed by atoms with Gasteiger partial charge in [-0.25, -0.2) is 0 Å². The van der Waals surface area contributed by atoms with E-state index in [2.05, 4.69) is 10.6 Å². The predicted octanol–water partition coefficient (Wildman–Crippen LogP) is 2.54. The van der Waals surface area contributed by atoms with E-state index >= 15 is 0 Å². The van der Waals surface area contributed by atoms with Crippen molar-refractivity contribution in [2.75, 3.05) is 31.5 Å². The lowest BCUT2D eigenvalue weighted by Crippen LogP contribution is -2.47. The van der Waals surface area contributed by atoms with Crippen LogP contribution in [0.4, 0.5) is 5.69 Å². The molecule has 0 aliphatic carbocycles. The maximum atomic E-state index is 12.5. The van der Waals surface area contributed by atoms with Crippen LogP contribution in [-0.4, -0.2) is 42.9 Å². The Hall–Kier alpha value is -2.18. The van der Waals surface area contributed by atoms with Gasteiger partial charge in [0.15, 0.2) is 0 Å². The van der Waals surface area contributed by atoms with Gasteiger partial charge in [-0.1, -0.05) is 18.2 Å². The van der Waals surface area contributed by atoms with Crippen molar-refractivity contribution in [3.8, 4) is 0 Å². The minimum Gasteiger partial charge on any atom is -0.340 e. The Bertz CT molecular complexity index is 692. The summed E-state index contributed by atoms with van der Waals surface area (Å²) in [5.41, 5.74) is 1.70. The molecule has 2 aromatic rings. The van der Waals surface area contributed by atoms with E-state index < -0.39 is 0 Å². The average Bonchev–Trinajstić information content (AvgIpc) is 3.17. The van der Waals surface area contributed by atoms with Gasteiger partial charge in [0.1, 0.15) is 0 Å². The molecule has 1 aromatic carbocycles. The number of thiophene rings is 1. The first-order valence-corrected chi connectivity index (χ1v) is 8.97. The molecule has 1 saturated heterocycles. The van der Waals surface area contributed by atoms with Crippen LogP contribution in [-0.2, 0) is 4.79 Å². The average molecular weight is 343 g/mol. The van der Waals surface area contributed by atoms with Crippen LogP contribution < -0.4 is 10.6 Å². The molecule has 0 spiro atoms. The highest BCUT2D eigenvalue weighted by atomic mass is 32.1. The molecular weight excluding hydrogens is 322 g/mol. The zero-order chi connectivity index (χ0) is 16.9. The quantitative estimate of drug-likeness (QED) is 0.897.